The Labute approximate surface area is 197 Å². The molecule has 2 fully saturated rings. The van der Waals surface area contributed by atoms with Crippen LogP contribution >= 0.6 is 0 Å². The summed E-state index contributed by atoms with van der Waals surface area (Å²) in [5, 5.41) is 15.8. The van der Waals surface area contributed by atoms with E-state index < -0.39 is 5.60 Å². The molecule has 5 rings (SSSR count). The zero-order valence-electron chi connectivity index (χ0n) is 19.6. The van der Waals surface area contributed by atoms with Gasteiger partial charge in [-0.25, -0.2) is 14.5 Å². The molecule has 3 heterocycles. The van der Waals surface area contributed by atoms with Crippen molar-refractivity contribution in [3.63, 3.8) is 0 Å². The molecule has 1 aliphatic carbocycles. The number of piperidine rings is 1. The highest BCUT2D eigenvalue weighted by atomic mass is 16.5. The van der Waals surface area contributed by atoms with Gasteiger partial charge in [0.2, 0.25) is 0 Å². The number of fused-ring (bicyclic) bond motifs is 1. The number of amides is 2. The van der Waals surface area contributed by atoms with Crippen molar-refractivity contribution < 1.29 is 14.6 Å². The van der Waals surface area contributed by atoms with Crippen molar-refractivity contribution in [3.05, 3.63) is 47.1 Å². The minimum Gasteiger partial charge on any atom is -0.493 e. The number of hydrogen-bond acceptors (Lipinski definition) is 6. The number of likely N-dealkylation sites (tertiary alicyclic amines) is 1. The summed E-state index contributed by atoms with van der Waals surface area (Å²) in [6.45, 7) is 1.75. The van der Waals surface area contributed by atoms with E-state index in [0.29, 0.717) is 42.9 Å². The van der Waals surface area contributed by atoms with Crippen molar-refractivity contribution in [2.45, 2.75) is 37.8 Å². The monoisotopic (exact) mass is 466 g/mol. The van der Waals surface area contributed by atoms with Gasteiger partial charge < -0.3 is 19.6 Å². The lowest BCUT2D eigenvalue weighted by Gasteiger charge is -2.39. The van der Waals surface area contributed by atoms with Crippen LogP contribution < -0.4 is 10.3 Å². The molecule has 10 nitrogen and oxygen atoms in total. The van der Waals surface area contributed by atoms with E-state index in [-0.39, 0.29) is 18.1 Å². The summed E-state index contributed by atoms with van der Waals surface area (Å²) in [5.74, 6) is 1.50. The third-order valence-electron chi connectivity index (χ3n) is 6.63. The predicted octanol–water partition coefficient (Wildman–Crippen LogP) is 1.88. The van der Waals surface area contributed by atoms with E-state index in [1.54, 1.807) is 23.7 Å². The van der Waals surface area contributed by atoms with E-state index in [1.807, 2.05) is 24.3 Å². The summed E-state index contributed by atoms with van der Waals surface area (Å²) in [6.07, 6.45) is 6.25. The molecule has 3 aromatic rings. The maximum Gasteiger partial charge on any atom is 0.319 e. The second kappa shape index (κ2) is 8.75. The van der Waals surface area contributed by atoms with E-state index >= 15 is 0 Å². The first-order valence-corrected chi connectivity index (χ1v) is 11.7. The second-order valence-electron chi connectivity index (χ2n) is 9.61. The van der Waals surface area contributed by atoms with Gasteiger partial charge >= 0.3 is 6.03 Å². The maximum atomic E-state index is 13.1. The zero-order valence-corrected chi connectivity index (χ0v) is 19.6. The molecule has 1 N–H and O–H groups in total. The van der Waals surface area contributed by atoms with Gasteiger partial charge in [0, 0.05) is 27.2 Å². The number of aliphatic hydroxyl groups is 1. The highest BCUT2D eigenvalue weighted by molar-refractivity contribution is 5.75. The number of hydrogen-bond donors (Lipinski definition) is 1. The smallest absolute Gasteiger partial charge is 0.319 e. The summed E-state index contributed by atoms with van der Waals surface area (Å²) in [7, 11) is 3.42. The Kier molecular flexibility index (Phi) is 5.76. The number of aromatic nitrogens is 4. The predicted molar refractivity (Wildman–Crippen MR) is 126 cm³/mol. The molecule has 2 amide bonds. The number of urea groups is 1. The van der Waals surface area contributed by atoms with Gasteiger partial charge in [0.1, 0.15) is 17.5 Å². The SMILES string of the molecule is CN(C)C(=O)N1CCC(O)(Cn2cnc3c(cnn3-c3ccc(OCC4CC4)cc3)c2=O)CC1. The van der Waals surface area contributed by atoms with Crippen LogP contribution in [-0.4, -0.2) is 79.7 Å². The Hall–Kier alpha value is -3.40. The van der Waals surface area contributed by atoms with Crippen molar-refractivity contribution in [3.8, 4) is 11.4 Å². The Morgan fingerprint density at radius 1 is 1.21 bits per heavy atom. The van der Waals surface area contributed by atoms with Gasteiger partial charge in [-0.15, -0.1) is 0 Å². The van der Waals surface area contributed by atoms with Crippen LogP contribution in [0.4, 0.5) is 4.79 Å². The van der Waals surface area contributed by atoms with Gasteiger partial charge in [-0.05, 0) is 55.9 Å². The first-order valence-electron chi connectivity index (χ1n) is 11.7. The largest absolute Gasteiger partial charge is 0.493 e. The lowest BCUT2D eigenvalue weighted by atomic mass is 9.91. The number of benzene rings is 1. The normalized spacial score (nSPS) is 17.7. The minimum absolute atomic E-state index is 0.0720. The zero-order chi connectivity index (χ0) is 23.9. The fraction of sp³-hybridized carbons (Fsp3) is 0.500. The van der Waals surface area contributed by atoms with Gasteiger partial charge in [0.25, 0.3) is 5.56 Å². The van der Waals surface area contributed by atoms with Gasteiger partial charge in [0.15, 0.2) is 5.65 Å². The standard InChI is InChI=1S/C24H30N6O4/c1-27(2)23(32)28-11-9-24(33,10-12-28)15-29-16-25-21-20(22(29)31)13-26-30(21)18-5-7-19(8-6-18)34-14-17-3-4-17/h5-8,13,16-17,33H,3-4,9-12,14-15H2,1-2H3. The van der Waals surface area contributed by atoms with Crippen molar-refractivity contribution in [2.75, 3.05) is 33.8 Å². The van der Waals surface area contributed by atoms with Crippen LogP contribution in [0.5, 0.6) is 5.75 Å². The molecular formula is C24H30N6O4. The van der Waals surface area contributed by atoms with E-state index in [0.717, 1.165) is 18.0 Å². The second-order valence-corrected chi connectivity index (χ2v) is 9.61. The van der Waals surface area contributed by atoms with Crippen LogP contribution in [0.3, 0.4) is 0 Å². The van der Waals surface area contributed by atoms with Crippen molar-refractivity contribution in [1.82, 2.24) is 29.1 Å². The molecule has 1 saturated heterocycles. The molecule has 0 spiro atoms. The van der Waals surface area contributed by atoms with Crippen LogP contribution in [0.1, 0.15) is 25.7 Å². The number of rotatable bonds is 6. The van der Waals surface area contributed by atoms with E-state index in [2.05, 4.69) is 10.1 Å². The molecule has 10 heteroatoms. The third kappa shape index (κ3) is 4.50. The molecule has 0 radical (unpaired) electrons. The first-order chi connectivity index (χ1) is 16.3. The highest BCUT2D eigenvalue weighted by Gasteiger charge is 2.35. The van der Waals surface area contributed by atoms with Crippen LogP contribution in [0.2, 0.25) is 0 Å². The Morgan fingerprint density at radius 2 is 1.91 bits per heavy atom. The molecule has 2 aromatic heterocycles. The quantitative estimate of drug-likeness (QED) is 0.595. The Morgan fingerprint density at radius 3 is 2.56 bits per heavy atom. The van der Waals surface area contributed by atoms with Gasteiger partial charge in [-0.2, -0.15) is 5.10 Å². The van der Waals surface area contributed by atoms with E-state index in [1.165, 1.54) is 34.8 Å². The number of carbonyl (C=O) groups is 1. The van der Waals surface area contributed by atoms with Gasteiger partial charge in [0.05, 0.1) is 30.6 Å². The number of carbonyl (C=O) groups excluding carboxylic acids is 1. The van der Waals surface area contributed by atoms with Gasteiger partial charge in [-0.1, -0.05) is 0 Å². The van der Waals surface area contributed by atoms with Gasteiger partial charge in [-0.3, -0.25) is 9.36 Å². The van der Waals surface area contributed by atoms with Crippen LogP contribution in [-0.2, 0) is 6.54 Å². The van der Waals surface area contributed by atoms with Crippen LogP contribution in [0.25, 0.3) is 16.7 Å². The first kappa shape index (κ1) is 22.4. The fourth-order valence-corrected chi connectivity index (χ4v) is 4.30. The Balaban J connectivity index is 1.31. The van der Waals surface area contributed by atoms with Crippen molar-refractivity contribution in [1.29, 1.82) is 0 Å². The molecule has 0 atom stereocenters. The summed E-state index contributed by atoms with van der Waals surface area (Å²) < 4.78 is 8.86. The van der Waals surface area contributed by atoms with E-state index in [4.69, 9.17) is 4.74 Å². The molecule has 2 aliphatic rings. The molecule has 34 heavy (non-hydrogen) atoms. The molecule has 0 bridgehead atoms. The minimum atomic E-state index is -1.07. The topological polar surface area (TPSA) is 106 Å². The molecule has 1 aromatic carbocycles. The molecule has 180 valence electrons. The molecule has 1 saturated carbocycles. The number of nitrogens with zero attached hydrogens (tertiary/aromatic N) is 6. The maximum absolute atomic E-state index is 13.1. The Bertz CT molecular complexity index is 1240. The van der Waals surface area contributed by atoms with Crippen molar-refractivity contribution in [2.24, 2.45) is 5.92 Å². The summed E-state index contributed by atoms with van der Waals surface area (Å²) >= 11 is 0. The summed E-state index contributed by atoms with van der Waals surface area (Å²) in [5.41, 5.74) is -0.0729. The lowest BCUT2D eigenvalue weighted by molar-refractivity contribution is -0.0282. The molecular weight excluding hydrogens is 436 g/mol. The average Bonchev–Trinajstić information content (AvgIpc) is 3.56. The van der Waals surface area contributed by atoms with E-state index in [9.17, 15) is 14.7 Å². The highest BCUT2D eigenvalue weighted by Crippen LogP contribution is 2.30. The van der Waals surface area contributed by atoms with Crippen LogP contribution in [0, 0.1) is 5.92 Å². The fourth-order valence-electron chi connectivity index (χ4n) is 4.30. The van der Waals surface area contributed by atoms with Crippen LogP contribution in [0.15, 0.2) is 41.6 Å². The van der Waals surface area contributed by atoms with Crippen molar-refractivity contribution >= 4 is 17.1 Å². The molecule has 0 unspecified atom stereocenters. The lowest BCUT2D eigenvalue weighted by Crippen LogP contribution is -2.51. The molecule has 1 aliphatic heterocycles. The third-order valence-corrected chi connectivity index (χ3v) is 6.63. The summed E-state index contributed by atoms with van der Waals surface area (Å²) in [6, 6.07) is 7.52. The average molecular weight is 467 g/mol. The number of ether oxygens (including phenoxy) is 1. The summed E-state index contributed by atoms with van der Waals surface area (Å²) in [4.78, 5) is 33.0.